The number of aliphatic hydroxyl groups is 1. The first-order chi connectivity index (χ1) is 6.60. The number of carbonyl (C=O) groups is 2. The van der Waals surface area contributed by atoms with Crippen LogP contribution in [0.2, 0.25) is 0 Å². The maximum atomic E-state index is 11.4. The van der Waals surface area contributed by atoms with E-state index in [1.165, 1.54) is 4.90 Å². The lowest BCUT2D eigenvalue weighted by Crippen LogP contribution is -2.40. The Kier molecular flexibility index (Phi) is 3.46. The second-order valence-electron chi connectivity index (χ2n) is 3.51. The number of aliphatic carboxylic acids is 1. The number of carboxylic acids is 1. The number of hydrogen-bond donors (Lipinski definition) is 1. The third-order valence-electron chi connectivity index (χ3n) is 2.61. The molecular weight excluding hydrogens is 186 g/mol. The van der Waals surface area contributed by atoms with E-state index >= 15 is 0 Å². The molecule has 1 aliphatic heterocycles. The molecule has 1 heterocycles. The van der Waals surface area contributed by atoms with Gasteiger partial charge in [-0.3, -0.25) is 4.79 Å². The molecule has 1 N–H and O–H groups in total. The molecule has 2 atom stereocenters. The fourth-order valence-electron chi connectivity index (χ4n) is 1.69. The number of rotatable bonds is 4. The zero-order chi connectivity index (χ0) is 10.7. The van der Waals surface area contributed by atoms with Crippen molar-refractivity contribution in [1.82, 2.24) is 4.90 Å². The molecule has 1 amide bonds. The average molecular weight is 200 g/mol. The summed E-state index contributed by atoms with van der Waals surface area (Å²) >= 11 is 0. The van der Waals surface area contributed by atoms with Crippen molar-refractivity contribution >= 4 is 11.9 Å². The fourth-order valence-corrected chi connectivity index (χ4v) is 1.69. The third kappa shape index (κ3) is 2.04. The Balaban J connectivity index is 2.64. The first kappa shape index (κ1) is 11.0. The lowest BCUT2D eigenvalue weighted by molar-refractivity contribution is -0.311. The van der Waals surface area contributed by atoms with Crippen LogP contribution in [0.15, 0.2) is 0 Å². The summed E-state index contributed by atoms with van der Waals surface area (Å²) in [5, 5.41) is 19.5. The van der Waals surface area contributed by atoms with Crippen molar-refractivity contribution in [3.05, 3.63) is 0 Å². The smallest absolute Gasteiger partial charge is 0.223 e. The van der Waals surface area contributed by atoms with Crippen LogP contribution in [0.1, 0.15) is 19.8 Å². The van der Waals surface area contributed by atoms with Crippen LogP contribution in [0.3, 0.4) is 0 Å². The maximum Gasteiger partial charge on any atom is 0.223 e. The molecule has 0 spiro atoms. The number of nitrogens with zero attached hydrogens (tertiary/aromatic N) is 1. The molecule has 0 aromatic carbocycles. The zero-order valence-electron chi connectivity index (χ0n) is 8.10. The van der Waals surface area contributed by atoms with Gasteiger partial charge in [0, 0.05) is 24.9 Å². The first-order valence-corrected chi connectivity index (χ1v) is 4.71. The van der Waals surface area contributed by atoms with E-state index in [1.54, 1.807) is 0 Å². The number of carboxylic acid groups (broad SMARTS) is 1. The summed E-state index contributed by atoms with van der Waals surface area (Å²) in [4.78, 5) is 23.3. The third-order valence-corrected chi connectivity index (χ3v) is 2.61. The van der Waals surface area contributed by atoms with E-state index in [9.17, 15) is 14.7 Å². The van der Waals surface area contributed by atoms with Crippen LogP contribution in [0, 0.1) is 5.92 Å². The van der Waals surface area contributed by atoms with Gasteiger partial charge in [0.2, 0.25) is 5.91 Å². The van der Waals surface area contributed by atoms with Crippen LogP contribution in [-0.4, -0.2) is 41.1 Å². The summed E-state index contributed by atoms with van der Waals surface area (Å²) in [5.41, 5.74) is 0. The molecule has 1 saturated heterocycles. The molecule has 0 unspecified atom stereocenters. The molecule has 0 aliphatic carbocycles. The number of carbonyl (C=O) groups excluding carboxylic acids is 2. The Hall–Kier alpha value is -1.10. The highest BCUT2D eigenvalue weighted by atomic mass is 16.4. The van der Waals surface area contributed by atoms with Gasteiger partial charge in [0.1, 0.15) is 0 Å². The predicted octanol–water partition coefficient (Wildman–Crippen LogP) is -1.64. The van der Waals surface area contributed by atoms with Crippen molar-refractivity contribution in [1.29, 1.82) is 0 Å². The highest BCUT2D eigenvalue weighted by Gasteiger charge is 2.33. The van der Waals surface area contributed by atoms with Gasteiger partial charge in [-0.15, -0.1) is 0 Å². The Morgan fingerprint density at radius 1 is 1.79 bits per heavy atom. The Bertz CT molecular complexity index is 237. The quantitative estimate of drug-likeness (QED) is 0.590. The molecule has 0 aromatic heterocycles. The van der Waals surface area contributed by atoms with E-state index in [4.69, 9.17) is 5.11 Å². The summed E-state index contributed by atoms with van der Waals surface area (Å²) in [7, 11) is 0. The molecule has 0 radical (unpaired) electrons. The maximum absolute atomic E-state index is 11.4. The molecule has 0 aromatic rings. The number of aliphatic hydroxyl groups excluding tert-OH is 1. The molecule has 5 heteroatoms. The van der Waals surface area contributed by atoms with Gasteiger partial charge in [0.25, 0.3) is 0 Å². The second-order valence-corrected chi connectivity index (χ2v) is 3.51. The molecular formula is C9H14NO4-. The van der Waals surface area contributed by atoms with Crippen LogP contribution in [-0.2, 0) is 9.59 Å². The Morgan fingerprint density at radius 2 is 2.43 bits per heavy atom. The van der Waals surface area contributed by atoms with Crippen molar-refractivity contribution in [2.45, 2.75) is 25.8 Å². The topological polar surface area (TPSA) is 80.7 Å². The molecule has 1 fully saturated rings. The van der Waals surface area contributed by atoms with Crippen LogP contribution in [0.4, 0.5) is 0 Å². The van der Waals surface area contributed by atoms with E-state index in [-0.39, 0.29) is 31.5 Å². The largest absolute Gasteiger partial charge is 0.550 e. The Labute approximate surface area is 82.3 Å². The van der Waals surface area contributed by atoms with Gasteiger partial charge in [0.15, 0.2) is 0 Å². The number of hydrogen-bond acceptors (Lipinski definition) is 4. The van der Waals surface area contributed by atoms with Gasteiger partial charge in [-0.2, -0.15) is 0 Å². The minimum Gasteiger partial charge on any atom is -0.550 e. The number of likely N-dealkylation sites (tertiary alicyclic amines) is 1. The molecule has 0 saturated carbocycles. The van der Waals surface area contributed by atoms with Gasteiger partial charge in [-0.1, -0.05) is 6.92 Å². The number of amides is 1. The fraction of sp³-hybridized carbons (Fsp3) is 0.778. The molecule has 5 nitrogen and oxygen atoms in total. The molecule has 1 aliphatic rings. The normalized spacial score (nSPS) is 24.0. The van der Waals surface area contributed by atoms with Crippen molar-refractivity contribution < 1.29 is 19.8 Å². The summed E-state index contributed by atoms with van der Waals surface area (Å²) in [6.07, 6.45) is 0.626. The van der Waals surface area contributed by atoms with Gasteiger partial charge < -0.3 is 19.9 Å². The van der Waals surface area contributed by atoms with Gasteiger partial charge in [0.05, 0.1) is 12.6 Å². The summed E-state index contributed by atoms with van der Waals surface area (Å²) < 4.78 is 0. The summed E-state index contributed by atoms with van der Waals surface area (Å²) in [6, 6.07) is -0.258. The van der Waals surface area contributed by atoms with Crippen LogP contribution in [0.25, 0.3) is 0 Å². The lowest BCUT2D eigenvalue weighted by Gasteiger charge is -2.25. The van der Waals surface area contributed by atoms with Crippen molar-refractivity contribution in [2.75, 3.05) is 13.2 Å². The Morgan fingerprint density at radius 3 is 2.79 bits per heavy atom. The van der Waals surface area contributed by atoms with Gasteiger partial charge in [-0.25, -0.2) is 0 Å². The van der Waals surface area contributed by atoms with E-state index in [0.29, 0.717) is 6.42 Å². The van der Waals surface area contributed by atoms with Crippen molar-refractivity contribution in [3.63, 3.8) is 0 Å². The van der Waals surface area contributed by atoms with Gasteiger partial charge >= 0.3 is 0 Å². The monoisotopic (exact) mass is 200 g/mol. The minimum atomic E-state index is -1.19. The predicted molar refractivity (Wildman–Crippen MR) is 46.0 cm³/mol. The minimum absolute atomic E-state index is 0.00116. The van der Waals surface area contributed by atoms with Crippen LogP contribution < -0.4 is 5.11 Å². The van der Waals surface area contributed by atoms with Gasteiger partial charge in [-0.05, 0) is 6.42 Å². The van der Waals surface area contributed by atoms with Crippen molar-refractivity contribution in [3.8, 4) is 0 Å². The lowest BCUT2D eigenvalue weighted by atomic mass is 10.1. The highest BCUT2D eigenvalue weighted by Crippen LogP contribution is 2.20. The van der Waals surface area contributed by atoms with Crippen LogP contribution >= 0.6 is 0 Å². The first-order valence-electron chi connectivity index (χ1n) is 4.71. The van der Waals surface area contributed by atoms with Crippen LogP contribution in [0.5, 0.6) is 0 Å². The van der Waals surface area contributed by atoms with E-state index in [1.807, 2.05) is 6.92 Å². The van der Waals surface area contributed by atoms with E-state index < -0.39 is 11.9 Å². The SMILES string of the molecule is CC[C@@H](CO)N1C[C@H](C(=O)[O-])CC1=O. The van der Waals surface area contributed by atoms with Crippen molar-refractivity contribution in [2.24, 2.45) is 5.92 Å². The zero-order valence-corrected chi connectivity index (χ0v) is 8.10. The molecule has 80 valence electrons. The molecule has 1 rings (SSSR count). The highest BCUT2D eigenvalue weighted by molar-refractivity contribution is 5.85. The van der Waals surface area contributed by atoms with E-state index in [2.05, 4.69) is 0 Å². The average Bonchev–Trinajstić information content (AvgIpc) is 2.51. The second kappa shape index (κ2) is 4.41. The molecule has 0 bridgehead atoms. The summed E-state index contributed by atoms with van der Waals surface area (Å²) in [6.45, 7) is 1.89. The summed E-state index contributed by atoms with van der Waals surface area (Å²) in [5.74, 6) is -2.11. The van der Waals surface area contributed by atoms with E-state index in [0.717, 1.165) is 0 Å². The standard InChI is InChI=1S/C9H15NO4/c1-2-7(5-11)10-4-6(9(13)14)3-8(10)12/h6-7,11H,2-5H2,1H3,(H,13,14)/p-1/t6-,7+/m1/s1. The molecule has 14 heavy (non-hydrogen) atoms.